The maximum atomic E-state index is 5.45. The fourth-order valence-electron chi connectivity index (χ4n) is 1.91. The number of hydrogen-bond acceptors (Lipinski definition) is 2. The normalized spacial score (nSPS) is 11.2. The monoisotopic (exact) mass is 232 g/mol. The highest BCUT2D eigenvalue weighted by Crippen LogP contribution is 2.17. The van der Waals surface area contributed by atoms with E-state index >= 15 is 0 Å². The SMILES string of the molecule is CCNCc1ccc2ccn(COCC)c2c1. The summed E-state index contributed by atoms with van der Waals surface area (Å²) in [5.74, 6) is 0. The van der Waals surface area contributed by atoms with Gasteiger partial charge < -0.3 is 14.6 Å². The van der Waals surface area contributed by atoms with Gasteiger partial charge in [-0.05, 0) is 36.6 Å². The number of aromatic nitrogens is 1. The van der Waals surface area contributed by atoms with Gasteiger partial charge in [0, 0.05) is 19.3 Å². The van der Waals surface area contributed by atoms with Crippen LogP contribution in [0.5, 0.6) is 0 Å². The van der Waals surface area contributed by atoms with Crippen molar-refractivity contribution in [3.05, 3.63) is 36.0 Å². The molecule has 0 radical (unpaired) electrons. The first-order chi connectivity index (χ1) is 8.35. The minimum absolute atomic E-state index is 0.630. The predicted octanol–water partition coefficient (Wildman–Crippen LogP) is 2.74. The Kier molecular flexibility index (Phi) is 4.18. The van der Waals surface area contributed by atoms with E-state index in [4.69, 9.17) is 4.74 Å². The molecule has 0 atom stereocenters. The first-order valence-electron chi connectivity index (χ1n) is 6.21. The summed E-state index contributed by atoms with van der Waals surface area (Å²) in [6.45, 7) is 7.43. The third kappa shape index (κ3) is 2.87. The molecule has 1 aromatic heterocycles. The number of nitrogens with one attached hydrogen (secondary N) is 1. The lowest BCUT2D eigenvalue weighted by Crippen LogP contribution is -2.11. The van der Waals surface area contributed by atoms with Crippen LogP contribution in [-0.2, 0) is 18.0 Å². The average molecular weight is 232 g/mol. The van der Waals surface area contributed by atoms with E-state index in [1.807, 2.05) is 6.92 Å². The molecule has 3 nitrogen and oxygen atoms in total. The van der Waals surface area contributed by atoms with Crippen molar-refractivity contribution >= 4 is 10.9 Å². The quantitative estimate of drug-likeness (QED) is 0.828. The van der Waals surface area contributed by atoms with E-state index in [0.29, 0.717) is 6.73 Å². The first kappa shape index (κ1) is 12.1. The van der Waals surface area contributed by atoms with Gasteiger partial charge in [0.25, 0.3) is 0 Å². The second-order valence-corrected chi connectivity index (χ2v) is 4.08. The summed E-state index contributed by atoms with van der Waals surface area (Å²) in [6, 6.07) is 8.71. The molecule has 0 bridgehead atoms. The molecule has 2 aromatic rings. The fourth-order valence-corrected chi connectivity index (χ4v) is 1.91. The zero-order chi connectivity index (χ0) is 12.1. The van der Waals surface area contributed by atoms with Gasteiger partial charge in [0.2, 0.25) is 0 Å². The topological polar surface area (TPSA) is 26.2 Å². The highest BCUT2D eigenvalue weighted by molar-refractivity contribution is 5.80. The summed E-state index contributed by atoms with van der Waals surface area (Å²) in [7, 11) is 0. The van der Waals surface area contributed by atoms with E-state index in [9.17, 15) is 0 Å². The fraction of sp³-hybridized carbons (Fsp3) is 0.429. The van der Waals surface area contributed by atoms with Crippen LogP contribution in [0.3, 0.4) is 0 Å². The predicted molar refractivity (Wildman–Crippen MR) is 70.9 cm³/mol. The maximum absolute atomic E-state index is 5.45. The minimum Gasteiger partial charge on any atom is -0.361 e. The summed E-state index contributed by atoms with van der Waals surface area (Å²) in [5.41, 5.74) is 2.56. The lowest BCUT2D eigenvalue weighted by atomic mass is 10.1. The molecular formula is C14H20N2O. The Labute approximate surface area is 102 Å². The molecule has 0 saturated heterocycles. The number of ether oxygens (including phenoxy) is 1. The van der Waals surface area contributed by atoms with Crippen molar-refractivity contribution in [2.24, 2.45) is 0 Å². The van der Waals surface area contributed by atoms with Crippen molar-refractivity contribution < 1.29 is 4.74 Å². The molecule has 92 valence electrons. The first-order valence-corrected chi connectivity index (χ1v) is 6.21. The standard InChI is InChI=1S/C14H20N2O/c1-3-15-10-12-5-6-13-7-8-16(11-17-4-2)14(13)9-12/h5-9,15H,3-4,10-11H2,1-2H3. The van der Waals surface area contributed by atoms with Gasteiger partial charge in [-0.1, -0.05) is 19.1 Å². The Morgan fingerprint density at radius 3 is 2.88 bits per heavy atom. The van der Waals surface area contributed by atoms with Crippen molar-refractivity contribution in [1.82, 2.24) is 9.88 Å². The number of fused-ring (bicyclic) bond motifs is 1. The highest BCUT2D eigenvalue weighted by atomic mass is 16.5. The second-order valence-electron chi connectivity index (χ2n) is 4.08. The van der Waals surface area contributed by atoms with E-state index in [0.717, 1.165) is 19.7 Å². The lowest BCUT2D eigenvalue weighted by molar-refractivity contribution is 0.0909. The Balaban J connectivity index is 2.23. The van der Waals surface area contributed by atoms with Crippen LogP contribution in [0.15, 0.2) is 30.5 Å². The zero-order valence-corrected chi connectivity index (χ0v) is 10.6. The maximum Gasteiger partial charge on any atom is 0.122 e. The van der Waals surface area contributed by atoms with Crippen LogP contribution in [-0.4, -0.2) is 17.7 Å². The van der Waals surface area contributed by atoms with Crippen LogP contribution in [0, 0.1) is 0 Å². The molecule has 0 unspecified atom stereocenters. The molecule has 1 aromatic carbocycles. The molecule has 1 N–H and O–H groups in total. The Hall–Kier alpha value is -1.32. The summed E-state index contributed by atoms with van der Waals surface area (Å²) >= 11 is 0. The van der Waals surface area contributed by atoms with Crippen LogP contribution in [0.4, 0.5) is 0 Å². The number of benzene rings is 1. The van der Waals surface area contributed by atoms with Crippen molar-refractivity contribution in [1.29, 1.82) is 0 Å². The molecular weight excluding hydrogens is 212 g/mol. The summed E-state index contributed by atoms with van der Waals surface area (Å²) in [5, 5.41) is 4.61. The van der Waals surface area contributed by atoms with Gasteiger partial charge in [0.1, 0.15) is 6.73 Å². The number of hydrogen-bond donors (Lipinski definition) is 1. The van der Waals surface area contributed by atoms with Crippen molar-refractivity contribution in [3.8, 4) is 0 Å². The van der Waals surface area contributed by atoms with Gasteiger partial charge in [-0.15, -0.1) is 0 Å². The van der Waals surface area contributed by atoms with Gasteiger partial charge in [-0.25, -0.2) is 0 Å². The second kappa shape index (κ2) is 5.84. The van der Waals surface area contributed by atoms with Crippen LogP contribution in [0.2, 0.25) is 0 Å². The molecule has 2 rings (SSSR count). The summed E-state index contributed by atoms with van der Waals surface area (Å²) < 4.78 is 7.60. The molecule has 1 heterocycles. The summed E-state index contributed by atoms with van der Waals surface area (Å²) in [4.78, 5) is 0. The Morgan fingerprint density at radius 2 is 2.12 bits per heavy atom. The van der Waals surface area contributed by atoms with Crippen LogP contribution < -0.4 is 5.32 Å². The molecule has 0 aliphatic carbocycles. The van der Waals surface area contributed by atoms with Crippen molar-refractivity contribution in [2.45, 2.75) is 27.1 Å². The van der Waals surface area contributed by atoms with Gasteiger partial charge in [-0.3, -0.25) is 0 Å². The molecule has 0 aliphatic rings. The van der Waals surface area contributed by atoms with Crippen LogP contribution in [0.25, 0.3) is 10.9 Å². The van der Waals surface area contributed by atoms with Crippen molar-refractivity contribution in [2.75, 3.05) is 13.2 Å². The molecule has 0 spiro atoms. The van der Waals surface area contributed by atoms with E-state index in [2.05, 4.69) is 47.3 Å². The van der Waals surface area contributed by atoms with Gasteiger partial charge in [0.05, 0.1) is 5.52 Å². The van der Waals surface area contributed by atoms with Gasteiger partial charge in [0.15, 0.2) is 0 Å². The third-order valence-corrected chi connectivity index (χ3v) is 2.85. The minimum atomic E-state index is 0.630. The average Bonchev–Trinajstić information content (AvgIpc) is 2.76. The van der Waals surface area contributed by atoms with E-state index in [-0.39, 0.29) is 0 Å². The lowest BCUT2D eigenvalue weighted by Gasteiger charge is -2.07. The molecule has 17 heavy (non-hydrogen) atoms. The molecule has 3 heteroatoms. The Morgan fingerprint density at radius 1 is 1.24 bits per heavy atom. The molecule has 0 aliphatic heterocycles. The van der Waals surface area contributed by atoms with Crippen molar-refractivity contribution in [3.63, 3.8) is 0 Å². The van der Waals surface area contributed by atoms with Crippen LogP contribution >= 0.6 is 0 Å². The smallest absolute Gasteiger partial charge is 0.122 e. The number of nitrogens with zero attached hydrogens (tertiary/aromatic N) is 1. The molecule has 0 fully saturated rings. The largest absolute Gasteiger partial charge is 0.361 e. The van der Waals surface area contributed by atoms with E-state index < -0.39 is 0 Å². The molecule has 0 amide bonds. The highest BCUT2D eigenvalue weighted by Gasteiger charge is 2.02. The number of rotatable bonds is 6. The third-order valence-electron chi connectivity index (χ3n) is 2.85. The van der Waals surface area contributed by atoms with Gasteiger partial charge in [-0.2, -0.15) is 0 Å². The molecule has 0 saturated carbocycles. The van der Waals surface area contributed by atoms with Gasteiger partial charge >= 0.3 is 0 Å². The van der Waals surface area contributed by atoms with Crippen LogP contribution in [0.1, 0.15) is 19.4 Å². The Bertz CT molecular complexity index is 476. The zero-order valence-electron chi connectivity index (χ0n) is 10.6. The van der Waals surface area contributed by atoms with E-state index in [1.165, 1.54) is 16.5 Å². The summed E-state index contributed by atoms with van der Waals surface area (Å²) in [6.07, 6.45) is 2.08. The van der Waals surface area contributed by atoms with E-state index in [1.54, 1.807) is 0 Å².